The van der Waals surface area contributed by atoms with Crippen LogP contribution in [0.4, 0.5) is 30.7 Å². The molecule has 0 amide bonds. The van der Waals surface area contributed by atoms with Crippen LogP contribution in [0.3, 0.4) is 0 Å². The molecule has 1 heterocycles. The molecule has 1 unspecified atom stereocenters. The maximum Gasteiger partial charge on any atom is 0.422 e. The Kier molecular flexibility index (Phi) is 5.36. The summed E-state index contributed by atoms with van der Waals surface area (Å²) in [6, 6.07) is 8.12. The third-order valence-electron chi connectivity index (χ3n) is 7.34. The summed E-state index contributed by atoms with van der Waals surface area (Å²) in [7, 11) is 0. The van der Waals surface area contributed by atoms with E-state index in [2.05, 4.69) is 15.5 Å². The van der Waals surface area contributed by atoms with Gasteiger partial charge in [0.25, 0.3) is 5.92 Å². The van der Waals surface area contributed by atoms with Gasteiger partial charge in [-0.25, -0.2) is 22.2 Å². The lowest BCUT2D eigenvalue weighted by molar-refractivity contribution is -0.310. The summed E-state index contributed by atoms with van der Waals surface area (Å²) >= 11 is 0. The number of nitrogens with zero attached hydrogens (tertiary/aromatic N) is 4. The molecule has 1 aromatic heterocycles. The number of rotatable bonds is 8. The maximum absolute atomic E-state index is 16.3. The number of halogens is 7. The second-order valence-corrected chi connectivity index (χ2v) is 9.70. The number of nitrogens with two attached hydrogens (primary N) is 1. The molecule has 3 fully saturated rings. The Labute approximate surface area is 200 Å². The summed E-state index contributed by atoms with van der Waals surface area (Å²) in [5.74, 6) is -5.78. The van der Waals surface area contributed by atoms with Crippen molar-refractivity contribution in [2.75, 3.05) is 6.61 Å². The van der Waals surface area contributed by atoms with Gasteiger partial charge in [0, 0.05) is 17.0 Å². The van der Waals surface area contributed by atoms with Gasteiger partial charge < -0.3 is 10.5 Å². The van der Waals surface area contributed by atoms with E-state index in [1.807, 2.05) is 0 Å². The molecule has 0 spiro atoms. The Bertz CT molecular complexity index is 1240. The molecule has 3 aliphatic rings. The lowest BCUT2D eigenvalue weighted by Crippen LogP contribution is -2.77. The molecule has 3 saturated carbocycles. The first-order valence-corrected chi connectivity index (χ1v) is 10.9. The lowest BCUT2D eigenvalue weighted by atomic mass is 9.30. The van der Waals surface area contributed by atoms with E-state index in [1.165, 1.54) is 12.1 Å². The minimum absolute atomic E-state index is 0.0110. The van der Waals surface area contributed by atoms with E-state index >= 15 is 8.78 Å². The topological polar surface area (TPSA) is 78.9 Å². The lowest BCUT2D eigenvalue weighted by Gasteiger charge is -2.74. The number of hydrogen-bond acceptors (Lipinski definition) is 5. The molecule has 3 aromatic rings. The van der Waals surface area contributed by atoms with Crippen LogP contribution in [0.25, 0.3) is 0 Å². The van der Waals surface area contributed by atoms with Crippen LogP contribution in [0.2, 0.25) is 0 Å². The van der Waals surface area contributed by atoms with Crippen LogP contribution in [0.5, 0.6) is 5.75 Å². The van der Waals surface area contributed by atoms with E-state index in [1.54, 1.807) is 12.1 Å². The van der Waals surface area contributed by atoms with E-state index in [0.717, 1.165) is 23.1 Å². The smallest absolute Gasteiger partial charge is 0.422 e. The fourth-order valence-corrected chi connectivity index (χ4v) is 5.68. The van der Waals surface area contributed by atoms with Crippen molar-refractivity contribution in [3.8, 4) is 5.75 Å². The molecule has 6 rings (SSSR count). The second-order valence-electron chi connectivity index (χ2n) is 9.70. The quantitative estimate of drug-likeness (QED) is 0.447. The number of alkyl halides is 5. The highest BCUT2D eigenvalue weighted by Gasteiger charge is 2.81. The van der Waals surface area contributed by atoms with E-state index in [-0.39, 0.29) is 25.0 Å². The number of benzene rings is 2. The van der Waals surface area contributed by atoms with Gasteiger partial charge in [-0.2, -0.15) is 13.2 Å². The molecule has 2 bridgehead atoms. The van der Waals surface area contributed by atoms with Crippen molar-refractivity contribution in [1.82, 2.24) is 20.2 Å². The standard InChI is InChI=1S/C23H20F7N5O/c24-15-3-6-17(18(25)7-15)21(31,11-35-13-32-33-34-35)23(29,30)20-8-19(9-20,10-20)14-1-4-16(5-2-14)36-12-22(26,27)28/h1-7,13H,8-12,31H2. The zero-order valence-corrected chi connectivity index (χ0v) is 18.6. The van der Waals surface area contributed by atoms with Gasteiger partial charge in [0.1, 0.15) is 29.3 Å². The first-order chi connectivity index (χ1) is 16.8. The van der Waals surface area contributed by atoms with Crippen LogP contribution in [-0.4, -0.2) is 38.9 Å². The highest BCUT2D eigenvalue weighted by molar-refractivity contribution is 5.45. The van der Waals surface area contributed by atoms with E-state index in [4.69, 9.17) is 10.5 Å². The van der Waals surface area contributed by atoms with Crippen molar-refractivity contribution in [3.63, 3.8) is 0 Å². The second kappa shape index (κ2) is 7.89. The van der Waals surface area contributed by atoms with Crippen molar-refractivity contribution in [3.05, 3.63) is 71.6 Å². The molecule has 6 nitrogen and oxygen atoms in total. The normalized spacial score (nSPS) is 25.0. The Balaban J connectivity index is 1.39. The summed E-state index contributed by atoms with van der Waals surface area (Å²) in [6.07, 6.45) is -3.30. The monoisotopic (exact) mass is 515 g/mol. The Morgan fingerprint density at radius 2 is 1.64 bits per heavy atom. The third kappa shape index (κ3) is 3.71. The summed E-state index contributed by atoms with van der Waals surface area (Å²) in [5.41, 5.74) is 1.68. The molecule has 192 valence electrons. The molecule has 1 atom stereocenters. The molecule has 0 aliphatic heterocycles. The SMILES string of the molecule is NC(Cn1cnnn1)(c1ccc(F)cc1F)C(F)(F)C12CC(c3ccc(OCC(F)(F)F)cc3)(C1)C2. The fourth-order valence-electron chi connectivity index (χ4n) is 5.68. The molecular formula is C23H20F7N5O. The highest BCUT2D eigenvalue weighted by Crippen LogP contribution is 2.80. The largest absolute Gasteiger partial charge is 0.484 e. The molecular weight excluding hydrogens is 495 g/mol. The van der Waals surface area contributed by atoms with Gasteiger partial charge in [0.05, 0.1) is 6.54 Å². The van der Waals surface area contributed by atoms with Gasteiger partial charge in [-0.3, -0.25) is 0 Å². The van der Waals surface area contributed by atoms with Crippen LogP contribution < -0.4 is 10.5 Å². The van der Waals surface area contributed by atoms with Crippen LogP contribution in [0, 0.1) is 17.0 Å². The van der Waals surface area contributed by atoms with E-state index in [9.17, 15) is 22.0 Å². The van der Waals surface area contributed by atoms with Gasteiger partial charge in [-0.05, 0) is 58.9 Å². The average Bonchev–Trinajstić information content (AvgIpc) is 3.23. The van der Waals surface area contributed by atoms with Crippen molar-refractivity contribution in [2.45, 2.75) is 48.9 Å². The van der Waals surface area contributed by atoms with Gasteiger partial charge in [0.2, 0.25) is 0 Å². The molecule has 2 aromatic carbocycles. The molecule has 0 saturated heterocycles. The first-order valence-electron chi connectivity index (χ1n) is 10.9. The summed E-state index contributed by atoms with van der Waals surface area (Å²) < 4.78 is 104. The van der Waals surface area contributed by atoms with Crippen molar-refractivity contribution >= 4 is 0 Å². The zero-order chi connectivity index (χ0) is 26.0. The van der Waals surface area contributed by atoms with Crippen molar-refractivity contribution in [1.29, 1.82) is 0 Å². The van der Waals surface area contributed by atoms with Gasteiger partial charge in [-0.1, -0.05) is 18.2 Å². The minimum atomic E-state index is -4.48. The first kappa shape index (κ1) is 24.5. The van der Waals surface area contributed by atoms with Gasteiger partial charge in [-0.15, -0.1) is 5.10 Å². The molecule has 36 heavy (non-hydrogen) atoms. The molecule has 13 heteroatoms. The third-order valence-corrected chi connectivity index (χ3v) is 7.34. The van der Waals surface area contributed by atoms with Crippen LogP contribution in [-0.2, 0) is 17.5 Å². The highest BCUT2D eigenvalue weighted by atomic mass is 19.4. The molecule has 3 aliphatic carbocycles. The maximum atomic E-state index is 16.3. The van der Waals surface area contributed by atoms with Crippen LogP contribution in [0.15, 0.2) is 48.8 Å². The molecule has 2 N–H and O–H groups in total. The summed E-state index contributed by atoms with van der Waals surface area (Å²) in [5, 5.41) is 10.4. The van der Waals surface area contributed by atoms with Crippen LogP contribution in [0.1, 0.15) is 30.4 Å². The van der Waals surface area contributed by atoms with Crippen LogP contribution >= 0.6 is 0 Å². The number of ether oxygens (including phenoxy) is 1. The van der Waals surface area contributed by atoms with Crippen molar-refractivity contribution in [2.24, 2.45) is 11.1 Å². The Hall–Kier alpha value is -3.22. The summed E-state index contributed by atoms with van der Waals surface area (Å²) in [6.45, 7) is -2.10. The van der Waals surface area contributed by atoms with E-state index < -0.39 is 58.8 Å². The number of hydrogen-bond donors (Lipinski definition) is 1. The number of tetrazole rings is 1. The predicted octanol–water partition coefficient (Wildman–Crippen LogP) is 4.50. The predicted molar refractivity (Wildman–Crippen MR) is 111 cm³/mol. The zero-order valence-electron chi connectivity index (χ0n) is 18.6. The van der Waals surface area contributed by atoms with E-state index in [0.29, 0.717) is 11.6 Å². The van der Waals surface area contributed by atoms with Crippen molar-refractivity contribution < 1.29 is 35.5 Å². The minimum Gasteiger partial charge on any atom is -0.484 e. The fraction of sp³-hybridized carbons (Fsp3) is 0.435. The summed E-state index contributed by atoms with van der Waals surface area (Å²) in [4.78, 5) is 0. The Morgan fingerprint density at radius 1 is 0.972 bits per heavy atom. The molecule has 0 radical (unpaired) electrons. The Morgan fingerprint density at radius 3 is 2.19 bits per heavy atom. The van der Waals surface area contributed by atoms with Gasteiger partial charge >= 0.3 is 6.18 Å². The van der Waals surface area contributed by atoms with Gasteiger partial charge in [0.15, 0.2) is 6.61 Å². The number of aromatic nitrogens is 4. The average molecular weight is 515 g/mol.